The van der Waals surface area contributed by atoms with Crippen molar-refractivity contribution in [3.05, 3.63) is 59.2 Å². The second kappa shape index (κ2) is 7.23. The van der Waals surface area contributed by atoms with Gasteiger partial charge in [-0.1, -0.05) is 44.2 Å². The molecular formula is C19H24N2O. The van der Waals surface area contributed by atoms with E-state index in [2.05, 4.69) is 54.8 Å². The molecule has 1 amide bonds. The van der Waals surface area contributed by atoms with E-state index in [-0.39, 0.29) is 5.91 Å². The monoisotopic (exact) mass is 296 g/mol. The van der Waals surface area contributed by atoms with Crippen LogP contribution in [0.2, 0.25) is 0 Å². The largest absolute Gasteiger partial charge is 0.355 e. The molecule has 0 saturated carbocycles. The maximum atomic E-state index is 11.8. The third-order valence-electron chi connectivity index (χ3n) is 3.67. The molecule has 2 N–H and O–H groups in total. The minimum Gasteiger partial charge on any atom is -0.355 e. The van der Waals surface area contributed by atoms with E-state index in [1.165, 1.54) is 11.1 Å². The topological polar surface area (TPSA) is 41.1 Å². The van der Waals surface area contributed by atoms with Gasteiger partial charge in [-0.2, -0.15) is 0 Å². The number of aryl methyl sites for hydroxylation is 1. The van der Waals surface area contributed by atoms with Crippen molar-refractivity contribution in [2.75, 3.05) is 7.05 Å². The highest BCUT2D eigenvalue weighted by Crippen LogP contribution is 2.23. The fourth-order valence-corrected chi connectivity index (χ4v) is 2.42. The van der Waals surface area contributed by atoms with Crippen molar-refractivity contribution in [3.8, 4) is 11.1 Å². The summed E-state index contributed by atoms with van der Waals surface area (Å²) in [6.07, 6.45) is 0. The number of carbonyl (C=O) groups excluding carboxylic acids is 1. The van der Waals surface area contributed by atoms with Gasteiger partial charge in [0.05, 0.1) is 0 Å². The fourth-order valence-electron chi connectivity index (χ4n) is 2.42. The van der Waals surface area contributed by atoms with Gasteiger partial charge in [0, 0.05) is 25.2 Å². The molecule has 22 heavy (non-hydrogen) atoms. The average Bonchev–Trinajstić information content (AvgIpc) is 2.52. The number of nitrogens with one attached hydrogen (secondary N) is 2. The van der Waals surface area contributed by atoms with Gasteiger partial charge in [-0.3, -0.25) is 4.79 Å². The zero-order chi connectivity index (χ0) is 16.1. The summed E-state index contributed by atoms with van der Waals surface area (Å²) in [5.74, 6) is -0.0427. The molecule has 0 bridgehead atoms. The molecule has 0 saturated heterocycles. The van der Waals surface area contributed by atoms with Crippen LogP contribution in [-0.4, -0.2) is 19.0 Å². The van der Waals surface area contributed by atoms with Gasteiger partial charge in [0.2, 0.25) is 0 Å². The van der Waals surface area contributed by atoms with Gasteiger partial charge < -0.3 is 10.6 Å². The standard InChI is InChI=1S/C19H24N2O/c1-13(2)21-12-15-6-5-7-16(11-15)17-8-9-18(14(3)10-17)19(22)20-4/h5-11,13,21H,12H2,1-4H3,(H,20,22). The molecule has 116 valence electrons. The van der Waals surface area contributed by atoms with Crippen molar-refractivity contribution in [1.82, 2.24) is 10.6 Å². The molecule has 0 fully saturated rings. The Hall–Kier alpha value is -2.13. The molecule has 0 heterocycles. The zero-order valence-electron chi connectivity index (χ0n) is 13.7. The normalized spacial score (nSPS) is 10.8. The van der Waals surface area contributed by atoms with E-state index in [1.54, 1.807) is 7.05 Å². The summed E-state index contributed by atoms with van der Waals surface area (Å²) >= 11 is 0. The van der Waals surface area contributed by atoms with E-state index in [0.29, 0.717) is 6.04 Å². The van der Waals surface area contributed by atoms with Crippen LogP contribution in [0.3, 0.4) is 0 Å². The molecule has 0 aliphatic heterocycles. The maximum Gasteiger partial charge on any atom is 0.251 e. The first kappa shape index (κ1) is 16.2. The van der Waals surface area contributed by atoms with Gasteiger partial charge >= 0.3 is 0 Å². The predicted octanol–water partition coefficient (Wildman–Crippen LogP) is 3.52. The molecule has 0 aliphatic carbocycles. The second-order valence-corrected chi connectivity index (χ2v) is 5.84. The van der Waals surface area contributed by atoms with E-state index in [1.807, 2.05) is 19.1 Å². The van der Waals surface area contributed by atoms with Gasteiger partial charge in [0.1, 0.15) is 0 Å². The summed E-state index contributed by atoms with van der Waals surface area (Å²) in [6.45, 7) is 7.12. The molecule has 0 spiro atoms. The molecule has 3 nitrogen and oxygen atoms in total. The Kier molecular flexibility index (Phi) is 5.34. The SMILES string of the molecule is CNC(=O)c1ccc(-c2cccc(CNC(C)C)c2)cc1C. The van der Waals surface area contributed by atoms with Crippen molar-refractivity contribution in [2.45, 2.75) is 33.4 Å². The van der Waals surface area contributed by atoms with E-state index in [9.17, 15) is 4.79 Å². The van der Waals surface area contributed by atoms with Crippen LogP contribution < -0.4 is 10.6 Å². The van der Waals surface area contributed by atoms with Crippen LogP contribution in [0.15, 0.2) is 42.5 Å². The number of amides is 1. The Balaban J connectivity index is 2.26. The first-order valence-electron chi connectivity index (χ1n) is 7.66. The minimum atomic E-state index is -0.0427. The van der Waals surface area contributed by atoms with Crippen LogP contribution in [0.5, 0.6) is 0 Å². The van der Waals surface area contributed by atoms with Crippen LogP contribution in [0.4, 0.5) is 0 Å². The number of hydrogen-bond acceptors (Lipinski definition) is 2. The third-order valence-corrected chi connectivity index (χ3v) is 3.67. The van der Waals surface area contributed by atoms with E-state index >= 15 is 0 Å². The molecule has 0 unspecified atom stereocenters. The highest BCUT2D eigenvalue weighted by atomic mass is 16.1. The Morgan fingerprint density at radius 3 is 2.45 bits per heavy atom. The van der Waals surface area contributed by atoms with Gasteiger partial charge in [0.25, 0.3) is 5.91 Å². The van der Waals surface area contributed by atoms with Crippen molar-refractivity contribution >= 4 is 5.91 Å². The summed E-state index contributed by atoms with van der Waals surface area (Å²) in [6, 6.07) is 14.9. The van der Waals surface area contributed by atoms with E-state index in [0.717, 1.165) is 23.2 Å². The van der Waals surface area contributed by atoms with E-state index in [4.69, 9.17) is 0 Å². The molecule has 0 atom stereocenters. The quantitative estimate of drug-likeness (QED) is 0.886. The predicted molar refractivity (Wildman–Crippen MR) is 92.0 cm³/mol. The summed E-state index contributed by atoms with van der Waals surface area (Å²) in [7, 11) is 1.65. The number of rotatable bonds is 5. The lowest BCUT2D eigenvalue weighted by Crippen LogP contribution is -2.21. The zero-order valence-corrected chi connectivity index (χ0v) is 13.7. The molecule has 0 radical (unpaired) electrons. The van der Waals surface area contributed by atoms with Crippen LogP contribution in [0, 0.1) is 6.92 Å². The fraction of sp³-hybridized carbons (Fsp3) is 0.316. The number of benzene rings is 2. The molecule has 2 aromatic rings. The third kappa shape index (κ3) is 3.95. The van der Waals surface area contributed by atoms with Crippen molar-refractivity contribution in [2.24, 2.45) is 0 Å². The van der Waals surface area contributed by atoms with Gasteiger partial charge in [0.15, 0.2) is 0 Å². The van der Waals surface area contributed by atoms with E-state index < -0.39 is 0 Å². The Morgan fingerprint density at radius 2 is 1.82 bits per heavy atom. The lowest BCUT2D eigenvalue weighted by molar-refractivity contribution is 0.0962. The summed E-state index contributed by atoms with van der Waals surface area (Å²) < 4.78 is 0. The molecule has 3 heteroatoms. The molecule has 2 rings (SSSR count). The van der Waals surface area contributed by atoms with Crippen LogP contribution in [-0.2, 0) is 6.54 Å². The van der Waals surface area contributed by atoms with Crippen LogP contribution >= 0.6 is 0 Å². The van der Waals surface area contributed by atoms with Crippen LogP contribution in [0.1, 0.15) is 35.3 Å². The van der Waals surface area contributed by atoms with Crippen molar-refractivity contribution in [3.63, 3.8) is 0 Å². The van der Waals surface area contributed by atoms with Crippen molar-refractivity contribution < 1.29 is 4.79 Å². The maximum absolute atomic E-state index is 11.8. The first-order valence-corrected chi connectivity index (χ1v) is 7.66. The summed E-state index contributed by atoms with van der Waals surface area (Å²) in [5.41, 5.74) is 5.29. The Labute approximate surface area is 132 Å². The minimum absolute atomic E-state index is 0.0427. The average molecular weight is 296 g/mol. The van der Waals surface area contributed by atoms with Gasteiger partial charge in [-0.15, -0.1) is 0 Å². The summed E-state index contributed by atoms with van der Waals surface area (Å²) in [5, 5.41) is 6.10. The Bertz CT molecular complexity index is 662. The van der Waals surface area contributed by atoms with Gasteiger partial charge in [-0.05, 0) is 41.3 Å². The first-order chi connectivity index (χ1) is 10.5. The molecule has 0 aliphatic rings. The Morgan fingerprint density at radius 1 is 1.09 bits per heavy atom. The number of carbonyl (C=O) groups is 1. The molecule has 0 aromatic heterocycles. The van der Waals surface area contributed by atoms with Gasteiger partial charge in [-0.25, -0.2) is 0 Å². The molecular weight excluding hydrogens is 272 g/mol. The highest BCUT2D eigenvalue weighted by molar-refractivity contribution is 5.96. The molecule has 2 aromatic carbocycles. The lowest BCUT2D eigenvalue weighted by atomic mass is 9.98. The summed E-state index contributed by atoms with van der Waals surface area (Å²) in [4.78, 5) is 11.8. The van der Waals surface area contributed by atoms with Crippen molar-refractivity contribution in [1.29, 1.82) is 0 Å². The smallest absolute Gasteiger partial charge is 0.251 e. The second-order valence-electron chi connectivity index (χ2n) is 5.84. The number of hydrogen-bond donors (Lipinski definition) is 2. The van der Waals surface area contributed by atoms with Crippen LogP contribution in [0.25, 0.3) is 11.1 Å². The highest BCUT2D eigenvalue weighted by Gasteiger charge is 2.08. The lowest BCUT2D eigenvalue weighted by Gasteiger charge is -2.11.